The van der Waals surface area contributed by atoms with E-state index < -0.39 is 31.2 Å². The second-order valence-electron chi connectivity index (χ2n) is 17.1. The molecule has 0 aliphatic rings. The molecule has 0 aliphatic carbocycles. The largest absolute Gasteiger partial charge is 1.00 e. The summed E-state index contributed by atoms with van der Waals surface area (Å²) in [6.45, 7) is 6.80. The van der Waals surface area contributed by atoms with Crippen LogP contribution in [0.5, 0.6) is 0 Å². The second-order valence-corrected chi connectivity index (χ2v) is 20.3. The summed E-state index contributed by atoms with van der Waals surface area (Å²) in [5.41, 5.74) is 0. The molecule has 66 heavy (non-hydrogen) atoms. The summed E-state index contributed by atoms with van der Waals surface area (Å²) in [4.78, 5) is 0. The Bertz CT molecular complexity index is 1260. The smallest absolute Gasteiger partial charge is 0.726 e. The molecule has 0 saturated heterocycles. The molecule has 0 aromatic heterocycles. The zero-order chi connectivity index (χ0) is 47.4. The summed E-state index contributed by atoms with van der Waals surface area (Å²) in [6, 6.07) is 0. The van der Waals surface area contributed by atoms with E-state index in [0.29, 0.717) is 19.3 Å². The van der Waals surface area contributed by atoms with Gasteiger partial charge in [-0.2, -0.15) is 0 Å². The van der Waals surface area contributed by atoms with Crippen LogP contribution in [0.25, 0.3) is 0 Å². The van der Waals surface area contributed by atoms with E-state index in [1.165, 1.54) is 186 Å². The topological polar surface area (TPSA) is 199 Å². The predicted octanol–water partition coefficient (Wildman–Crippen LogP) is 5.62. The van der Waals surface area contributed by atoms with Crippen molar-refractivity contribution in [2.24, 2.45) is 0 Å². The van der Waals surface area contributed by atoms with Gasteiger partial charge in [-0.3, -0.25) is 12.5 Å². The van der Waals surface area contributed by atoms with Crippen molar-refractivity contribution < 1.29 is 140 Å². The molecule has 0 unspecified atom stereocenters. The minimum Gasteiger partial charge on any atom is -0.726 e. The number of unbranched alkanes of at least 4 members (excludes halogenated alkanes) is 36. The normalized spacial score (nSPS) is 11.5. The van der Waals surface area contributed by atoms with E-state index in [0.717, 1.165) is 51.4 Å². The van der Waals surface area contributed by atoms with E-state index >= 15 is 0 Å². The Balaban J connectivity index is -0.000000202. The molecule has 0 heterocycles. The summed E-state index contributed by atoms with van der Waals surface area (Å²) in [6.07, 6.45) is 53.4. The molecule has 0 aromatic carbocycles. The van der Waals surface area contributed by atoms with Crippen molar-refractivity contribution in [3.63, 3.8) is 0 Å². The molecule has 0 spiro atoms. The maximum Gasteiger partial charge on any atom is 1.00 e. The molecule has 382 valence electrons. The Morgan fingerprint density at radius 2 is 0.424 bits per heavy atom. The van der Waals surface area contributed by atoms with Crippen LogP contribution >= 0.6 is 0 Å². The van der Waals surface area contributed by atoms with Crippen LogP contribution in [0.15, 0.2) is 12.2 Å². The molecule has 18 heteroatoms. The van der Waals surface area contributed by atoms with Crippen LogP contribution in [-0.2, 0) is 43.7 Å². The summed E-state index contributed by atoms with van der Waals surface area (Å²) in [5.74, 6) is 0. The van der Waals surface area contributed by atoms with Crippen LogP contribution in [0.2, 0.25) is 0 Å². The average molecular weight is 1030 g/mol. The maximum atomic E-state index is 10.2. The predicted molar refractivity (Wildman–Crippen MR) is 258 cm³/mol. The van der Waals surface area contributed by atoms with Gasteiger partial charge in [0.25, 0.3) is 0 Å². The summed E-state index contributed by atoms with van der Waals surface area (Å²) in [5, 5.41) is 0. The van der Waals surface area contributed by atoms with Gasteiger partial charge in [-0.05, 0) is 44.9 Å². The monoisotopic (exact) mass is 1030 g/mol. The molecule has 0 radical (unpaired) electrons. The SMILES string of the molecule is CCCCCCCCC=CCCCCCCCCOS(=O)(=O)[O-].CCCCCCCCCCCCCCCCCCOS(=O)(=O)[O-].CCCCCCCCCCCCOS(=O)(=O)[O-].[Na+].[Na+].[Na+]. The molecule has 0 aromatic rings. The third kappa shape index (κ3) is 89.2. The van der Waals surface area contributed by atoms with E-state index in [9.17, 15) is 38.9 Å². The first-order valence-corrected chi connectivity index (χ1v) is 29.6. The van der Waals surface area contributed by atoms with Crippen LogP contribution < -0.4 is 88.7 Å². The van der Waals surface area contributed by atoms with Gasteiger partial charge in [0.2, 0.25) is 31.2 Å². The molecular weight excluding hydrogens is 934 g/mol. The molecule has 0 bridgehead atoms. The van der Waals surface area contributed by atoms with Crippen molar-refractivity contribution in [1.29, 1.82) is 0 Å². The van der Waals surface area contributed by atoms with Crippen LogP contribution in [0.3, 0.4) is 0 Å². The molecule has 0 aliphatic heterocycles. The molecule has 0 saturated carbocycles. The van der Waals surface area contributed by atoms with Gasteiger partial charge < -0.3 is 13.7 Å². The molecule has 12 nitrogen and oxygen atoms in total. The number of hydrogen-bond donors (Lipinski definition) is 0. The summed E-state index contributed by atoms with van der Waals surface area (Å²) < 4.78 is 104. The number of hydrogen-bond acceptors (Lipinski definition) is 12. The number of rotatable bonds is 47. The van der Waals surface area contributed by atoms with Crippen LogP contribution in [0.1, 0.15) is 278 Å². The van der Waals surface area contributed by atoms with Crippen LogP contribution in [-0.4, -0.2) is 58.7 Å². The Morgan fingerprint density at radius 3 is 0.591 bits per heavy atom. The van der Waals surface area contributed by atoms with Gasteiger partial charge in [0, 0.05) is 0 Å². The van der Waals surface area contributed by atoms with Gasteiger partial charge in [0.05, 0.1) is 19.8 Å². The Kier molecular flexibility index (Phi) is 76.7. The number of allylic oxidation sites excluding steroid dienone is 2. The molecule has 0 amide bonds. The Morgan fingerprint density at radius 1 is 0.273 bits per heavy atom. The van der Waals surface area contributed by atoms with Crippen molar-refractivity contribution in [3.05, 3.63) is 12.2 Å². The van der Waals surface area contributed by atoms with E-state index in [2.05, 4.69) is 45.5 Å². The van der Waals surface area contributed by atoms with E-state index in [1.54, 1.807) is 0 Å². The fourth-order valence-corrected chi connectivity index (χ4v) is 8.04. The van der Waals surface area contributed by atoms with E-state index in [4.69, 9.17) is 0 Å². The first-order chi connectivity index (χ1) is 30.2. The van der Waals surface area contributed by atoms with Crippen molar-refractivity contribution in [2.75, 3.05) is 19.8 Å². The summed E-state index contributed by atoms with van der Waals surface area (Å²) >= 11 is 0. The minimum atomic E-state index is -4.50. The average Bonchev–Trinajstić information content (AvgIpc) is 3.21. The first-order valence-electron chi connectivity index (χ1n) is 25.6. The minimum absolute atomic E-state index is 0. The van der Waals surface area contributed by atoms with Crippen LogP contribution in [0.4, 0.5) is 0 Å². The zero-order valence-corrected chi connectivity index (χ0v) is 52.1. The third-order valence-electron chi connectivity index (χ3n) is 10.8. The van der Waals surface area contributed by atoms with Crippen molar-refractivity contribution in [1.82, 2.24) is 0 Å². The van der Waals surface area contributed by atoms with E-state index in [1.807, 2.05) is 0 Å². The van der Waals surface area contributed by atoms with Gasteiger partial charge in [-0.15, -0.1) is 0 Å². The fraction of sp³-hybridized carbons (Fsp3) is 0.958. The first kappa shape index (κ1) is 79.8. The van der Waals surface area contributed by atoms with E-state index in [-0.39, 0.29) is 108 Å². The molecule has 0 rings (SSSR count). The Labute approximate surface area is 475 Å². The zero-order valence-electron chi connectivity index (χ0n) is 43.7. The van der Waals surface area contributed by atoms with Gasteiger partial charge in [-0.25, -0.2) is 25.3 Å². The van der Waals surface area contributed by atoms with Crippen molar-refractivity contribution in [3.8, 4) is 0 Å². The standard InChI is InChI=1S/C18H38O4S.C18H36O4S.C12H26O4S.3Na/c2*1-2-3-4-5-6-7-8-9-10-11-12-13-14-15-16-17-18-22-23(19,20)21;1-2-3-4-5-6-7-8-9-10-11-12-16-17(13,14)15;;;/h2-18H2,1H3,(H,19,20,21);9-10H,2-8,11-18H2,1H3,(H,19,20,21);2-12H2,1H3,(H,13,14,15);;;/q;;;3*+1/p-3. The molecule has 0 fully saturated rings. The van der Waals surface area contributed by atoms with Gasteiger partial charge in [0.1, 0.15) is 0 Å². The quantitative estimate of drug-likeness (QED) is 0.0240. The molecule has 0 N–H and O–H groups in total. The maximum absolute atomic E-state index is 10.2. The Hall–Kier alpha value is 2.35. The molecular formula is C48H97Na3O12S3. The summed E-state index contributed by atoms with van der Waals surface area (Å²) in [7, 11) is -13.5. The van der Waals surface area contributed by atoms with Crippen molar-refractivity contribution >= 4 is 31.2 Å². The fourth-order valence-electron chi connectivity index (χ4n) is 7.07. The van der Waals surface area contributed by atoms with Gasteiger partial charge >= 0.3 is 88.7 Å². The second kappa shape index (κ2) is 63.5. The van der Waals surface area contributed by atoms with Gasteiger partial charge in [0.15, 0.2) is 0 Å². The van der Waals surface area contributed by atoms with Gasteiger partial charge in [-0.1, -0.05) is 245 Å². The molecule has 0 atom stereocenters. The third-order valence-corrected chi connectivity index (χ3v) is 12.2. The van der Waals surface area contributed by atoms with Crippen LogP contribution in [0, 0.1) is 0 Å². The van der Waals surface area contributed by atoms with Crippen molar-refractivity contribution in [2.45, 2.75) is 278 Å².